The van der Waals surface area contributed by atoms with Gasteiger partial charge >= 0.3 is 0 Å². The SMILES string of the molecule is CC(C)(C)c1ccc(-c2c3ccccc3c(-c3ccc(-c4ccccc4)c4ccccc34)c3ccccc23)cc1. The predicted octanol–water partition coefficient (Wildman–Crippen LogP) is 11.4. The maximum Gasteiger partial charge on any atom is -0.00201 e. The third-order valence-electron chi connectivity index (χ3n) is 8.25. The fraction of sp³-hybridized carbons (Fsp3) is 0.100. The van der Waals surface area contributed by atoms with E-state index in [4.69, 9.17) is 0 Å². The summed E-state index contributed by atoms with van der Waals surface area (Å²) in [5, 5.41) is 7.71. The molecule has 0 amide bonds. The van der Waals surface area contributed by atoms with Crippen molar-refractivity contribution >= 4 is 32.3 Å². The van der Waals surface area contributed by atoms with Crippen LogP contribution < -0.4 is 0 Å². The van der Waals surface area contributed by atoms with E-state index >= 15 is 0 Å². The molecule has 0 spiro atoms. The molecule has 192 valence electrons. The Balaban J connectivity index is 1.55. The van der Waals surface area contributed by atoms with E-state index in [1.807, 2.05) is 0 Å². The van der Waals surface area contributed by atoms with E-state index in [0.717, 1.165) is 0 Å². The summed E-state index contributed by atoms with van der Waals surface area (Å²) in [5.74, 6) is 0. The average molecular weight is 513 g/mol. The Kier molecular flexibility index (Phi) is 5.79. The molecular weight excluding hydrogens is 480 g/mol. The van der Waals surface area contributed by atoms with Crippen LogP contribution in [-0.4, -0.2) is 0 Å². The van der Waals surface area contributed by atoms with Crippen LogP contribution in [0.5, 0.6) is 0 Å². The molecule has 40 heavy (non-hydrogen) atoms. The summed E-state index contributed by atoms with van der Waals surface area (Å²) in [4.78, 5) is 0. The maximum absolute atomic E-state index is 2.33. The van der Waals surface area contributed by atoms with Gasteiger partial charge in [0.2, 0.25) is 0 Å². The van der Waals surface area contributed by atoms with Gasteiger partial charge in [-0.25, -0.2) is 0 Å². The van der Waals surface area contributed by atoms with Gasteiger partial charge in [0.1, 0.15) is 0 Å². The summed E-state index contributed by atoms with van der Waals surface area (Å²) in [6, 6.07) is 51.3. The molecule has 0 aliphatic rings. The molecule has 0 saturated carbocycles. The van der Waals surface area contributed by atoms with Gasteiger partial charge in [-0.2, -0.15) is 0 Å². The molecule has 0 atom stereocenters. The van der Waals surface area contributed by atoms with Crippen LogP contribution in [0.1, 0.15) is 26.3 Å². The van der Waals surface area contributed by atoms with Crippen molar-refractivity contribution in [3.63, 3.8) is 0 Å². The molecule has 0 unspecified atom stereocenters. The molecule has 7 aromatic rings. The van der Waals surface area contributed by atoms with Gasteiger partial charge in [-0.15, -0.1) is 0 Å². The van der Waals surface area contributed by atoms with E-state index in [9.17, 15) is 0 Å². The lowest BCUT2D eigenvalue weighted by atomic mass is 9.82. The van der Waals surface area contributed by atoms with Crippen molar-refractivity contribution in [3.05, 3.63) is 145 Å². The Morgan fingerprint density at radius 3 is 1.27 bits per heavy atom. The summed E-state index contributed by atoms with van der Waals surface area (Å²) < 4.78 is 0. The first-order valence-corrected chi connectivity index (χ1v) is 14.1. The molecule has 7 aromatic carbocycles. The van der Waals surface area contributed by atoms with Crippen LogP contribution in [0.3, 0.4) is 0 Å². The molecular formula is C40H32. The number of rotatable bonds is 3. The third kappa shape index (κ3) is 4.00. The van der Waals surface area contributed by atoms with Gasteiger partial charge in [0.25, 0.3) is 0 Å². The van der Waals surface area contributed by atoms with Gasteiger partial charge in [-0.1, -0.05) is 160 Å². The summed E-state index contributed by atoms with van der Waals surface area (Å²) in [7, 11) is 0. The first-order chi connectivity index (χ1) is 19.5. The molecule has 0 aliphatic carbocycles. The average Bonchev–Trinajstić information content (AvgIpc) is 2.99. The zero-order valence-electron chi connectivity index (χ0n) is 23.3. The summed E-state index contributed by atoms with van der Waals surface area (Å²) in [6.45, 7) is 6.82. The van der Waals surface area contributed by atoms with E-state index in [1.54, 1.807) is 0 Å². The molecule has 0 saturated heterocycles. The highest BCUT2D eigenvalue weighted by molar-refractivity contribution is 6.24. The van der Waals surface area contributed by atoms with E-state index in [-0.39, 0.29) is 5.41 Å². The van der Waals surface area contributed by atoms with Gasteiger partial charge in [0.15, 0.2) is 0 Å². The Morgan fingerprint density at radius 1 is 0.325 bits per heavy atom. The molecule has 0 bridgehead atoms. The van der Waals surface area contributed by atoms with Crippen molar-refractivity contribution in [1.29, 1.82) is 0 Å². The van der Waals surface area contributed by atoms with Crippen LogP contribution in [-0.2, 0) is 5.41 Å². The van der Waals surface area contributed by atoms with Crippen LogP contribution in [0.4, 0.5) is 0 Å². The lowest BCUT2D eigenvalue weighted by molar-refractivity contribution is 0.590. The van der Waals surface area contributed by atoms with Crippen LogP contribution in [0.25, 0.3) is 65.7 Å². The van der Waals surface area contributed by atoms with Crippen LogP contribution in [0.15, 0.2) is 140 Å². The number of fused-ring (bicyclic) bond motifs is 3. The van der Waals surface area contributed by atoms with Crippen LogP contribution in [0.2, 0.25) is 0 Å². The molecule has 0 fully saturated rings. The molecule has 0 radical (unpaired) electrons. The summed E-state index contributed by atoms with van der Waals surface area (Å²) in [6.07, 6.45) is 0. The minimum Gasteiger partial charge on any atom is -0.0622 e. The molecule has 0 heteroatoms. The Labute approximate surface area is 236 Å². The van der Waals surface area contributed by atoms with Gasteiger partial charge in [0.05, 0.1) is 0 Å². The molecule has 7 rings (SSSR count). The lowest BCUT2D eigenvalue weighted by Gasteiger charge is -2.21. The highest BCUT2D eigenvalue weighted by Gasteiger charge is 2.19. The Morgan fingerprint density at radius 2 is 0.750 bits per heavy atom. The fourth-order valence-corrected chi connectivity index (χ4v) is 6.25. The quantitative estimate of drug-likeness (QED) is 0.207. The second-order valence-corrected chi connectivity index (χ2v) is 11.7. The molecule has 0 nitrogen and oxygen atoms in total. The van der Waals surface area contributed by atoms with Crippen molar-refractivity contribution in [2.24, 2.45) is 0 Å². The number of hydrogen-bond acceptors (Lipinski definition) is 0. The maximum atomic E-state index is 2.33. The van der Waals surface area contributed by atoms with E-state index < -0.39 is 0 Å². The van der Waals surface area contributed by atoms with Gasteiger partial charge in [-0.3, -0.25) is 0 Å². The summed E-state index contributed by atoms with van der Waals surface area (Å²) >= 11 is 0. The molecule has 0 aromatic heterocycles. The summed E-state index contributed by atoms with van der Waals surface area (Å²) in [5.41, 5.74) is 9.13. The zero-order valence-corrected chi connectivity index (χ0v) is 23.3. The first-order valence-electron chi connectivity index (χ1n) is 14.1. The lowest BCUT2D eigenvalue weighted by Crippen LogP contribution is -2.10. The van der Waals surface area contributed by atoms with E-state index in [2.05, 4.69) is 160 Å². The zero-order chi connectivity index (χ0) is 27.3. The third-order valence-corrected chi connectivity index (χ3v) is 8.25. The first kappa shape index (κ1) is 24.4. The Bertz CT molecular complexity index is 1950. The van der Waals surface area contributed by atoms with Crippen LogP contribution in [0, 0.1) is 0 Å². The van der Waals surface area contributed by atoms with Gasteiger partial charge in [-0.05, 0) is 76.7 Å². The van der Waals surface area contributed by atoms with Gasteiger partial charge in [0, 0.05) is 0 Å². The molecule has 0 heterocycles. The largest absolute Gasteiger partial charge is 0.0622 e. The van der Waals surface area contributed by atoms with E-state index in [0.29, 0.717) is 0 Å². The van der Waals surface area contributed by atoms with E-state index in [1.165, 1.54) is 71.3 Å². The predicted molar refractivity (Wildman–Crippen MR) is 174 cm³/mol. The minimum absolute atomic E-state index is 0.124. The molecule has 0 N–H and O–H groups in total. The van der Waals surface area contributed by atoms with Crippen molar-refractivity contribution < 1.29 is 0 Å². The standard InChI is InChI=1S/C40H32/c1-40(2,3)29-23-21-28(22-24-29)38-33-17-9-11-19-35(33)39(36-20-12-10-18-34(36)38)37-26-25-30(27-13-5-4-6-14-27)31-15-7-8-16-32(31)37/h4-26H,1-3H3. The number of benzene rings is 7. The highest BCUT2D eigenvalue weighted by atomic mass is 14.2. The van der Waals surface area contributed by atoms with Crippen molar-refractivity contribution in [2.75, 3.05) is 0 Å². The van der Waals surface area contributed by atoms with Crippen molar-refractivity contribution in [3.8, 4) is 33.4 Å². The monoisotopic (exact) mass is 512 g/mol. The number of hydrogen-bond donors (Lipinski definition) is 0. The second kappa shape index (κ2) is 9.50. The molecule has 0 aliphatic heterocycles. The second-order valence-electron chi connectivity index (χ2n) is 11.7. The van der Waals surface area contributed by atoms with Gasteiger partial charge < -0.3 is 0 Å². The normalized spacial score (nSPS) is 11.9. The van der Waals surface area contributed by atoms with Crippen molar-refractivity contribution in [2.45, 2.75) is 26.2 Å². The van der Waals surface area contributed by atoms with Crippen molar-refractivity contribution in [1.82, 2.24) is 0 Å². The van der Waals surface area contributed by atoms with Crippen LogP contribution >= 0.6 is 0 Å². The smallest absolute Gasteiger partial charge is 0.00201 e. The minimum atomic E-state index is 0.124. The highest BCUT2D eigenvalue weighted by Crippen LogP contribution is 2.46. The fourth-order valence-electron chi connectivity index (χ4n) is 6.25. The topological polar surface area (TPSA) is 0 Å². The Hall–Kier alpha value is -4.68.